The summed E-state index contributed by atoms with van der Waals surface area (Å²) in [6, 6.07) is 47.0. The molecule has 5 aromatic carbocycles. The van der Waals surface area contributed by atoms with Crippen LogP contribution in [-0.2, 0) is 41.3 Å². The van der Waals surface area contributed by atoms with Gasteiger partial charge in [0.2, 0.25) is 10.5 Å². The average molecular weight is 1040 g/mol. The molecule has 2 aliphatic heterocycles. The van der Waals surface area contributed by atoms with Gasteiger partial charge in [0.15, 0.2) is 16.9 Å². The predicted octanol–water partition coefficient (Wildman–Crippen LogP) is 9.49. The Hall–Kier alpha value is -7.45. The van der Waals surface area contributed by atoms with Crippen molar-refractivity contribution in [1.29, 1.82) is 0 Å². The Balaban J connectivity index is 1.12. The quantitative estimate of drug-likeness (QED) is 0.0178. The first-order valence-corrected chi connectivity index (χ1v) is 25.8. The van der Waals surface area contributed by atoms with Crippen molar-refractivity contribution in [2.24, 2.45) is 12.2 Å². The summed E-state index contributed by atoms with van der Waals surface area (Å²) in [5.41, 5.74) is 1.68. The number of rotatable bonds is 16. The van der Waals surface area contributed by atoms with Gasteiger partial charge in [-0.25, -0.2) is 14.6 Å². The lowest BCUT2D eigenvalue weighted by Gasteiger charge is -2.56. The van der Waals surface area contributed by atoms with E-state index in [1.54, 1.807) is 27.8 Å². The minimum atomic E-state index is -1.79. The topological polar surface area (TPSA) is 179 Å². The van der Waals surface area contributed by atoms with E-state index in [9.17, 15) is 9.59 Å². The molecule has 1 fully saturated rings. The molecule has 364 valence electrons. The van der Waals surface area contributed by atoms with Crippen LogP contribution < -0.4 is 10.6 Å². The number of thiocarbonyl (C=S) groups is 1. The van der Waals surface area contributed by atoms with Crippen molar-refractivity contribution in [3.63, 3.8) is 0 Å². The lowest BCUT2D eigenvalue weighted by molar-refractivity contribution is -0.155. The summed E-state index contributed by atoms with van der Waals surface area (Å²) in [4.78, 5) is 70.7. The van der Waals surface area contributed by atoms with Gasteiger partial charge in [-0.1, -0.05) is 181 Å². The molecular formula is C53H46N8O7S4. The minimum absolute atomic E-state index is 0.0102. The fourth-order valence-electron chi connectivity index (χ4n) is 8.32. The molecule has 0 spiro atoms. The van der Waals surface area contributed by atoms with Crippen LogP contribution in [0.25, 0.3) is 5.57 Å². The molecule has 0 unspecified atom stereocenters. The summed E-state index contributed by atoms with van der Waals surface area (Å²) in [5, 5.41) is 19.8. The van der Waals surface area contributed by atoms with Gasteiger partial charge in [0.05, 0.1) is 6.20 Å². The van der Waals surface area contributed by atoms with E-state index in [1.165, 1.54) is 37.7 Å². The number of esters is 1. The zero-order valence-electron chi connectivity index (χ0n) is 39.2. The van der Waals surface area contributed by atoms with Crippen LogP contribution in [0.5, 0.6) is 0 Å². The molecule has 2 aromatic heterocycles. The number of thioether (sulfide) groups is 2. The molecule has 0 aliphatic carbocycles. The molecule has 19 heteroatoms. The van der Waals surface area contributed by atoms with Gasteiger partial charge in [-0.2, -0.15) is 15.0 Å². The third kappa shape index (κ3) is 10.1. The summed E-state index contributed by atoms with van der Waals surface area (Å²) in [5.74, 6) is -2.16. The molecule has 2 aliphatic rings. The van der Waals surface area contributed by atoms with E-state index in [0.717, 1.165) is 23.1 Å². The highest BCUT2D eigenvalue weighted by molar-refractivity contribution is 8.22. The number of ether oxygens (including phenoxy) is 2. The first-order valence-electron chi connectivity index (χ1n) is 22.5. The van der Waals surface area contributed by atoms with E-state index < -0.39 is 51.4 Å². The third-order valence-electron chi connectivity index (χ3n) is 11.5. The minimum Gasteiger partial charge on any atom is -0.448 e. The van der Waals surface area contributed by atoms with Crippen LogP contribution in [0.1, 0.15) is 66.1 Å². The van der Waals surface area contributed by atoms with Crippen LogP contribution in [0.15, 0.2) is 174 Å². The van der Waals surface area contributed by atoms with Gasteiger partial charge in [-0.3, -0.25) is 19.8 Å². The van der Waals surface area contributed by atoms with E-state index in [0.29, 0.717) is 39.1 Å². The monoisotopic (exact) mass is 1030 g/mol. The van der Waals surface area contributed by atoms with E-state index in [-0.39, 0.29) is 28.0 Å². The lowest BCUT2D eigenvalue weighted by atomic mass is 9.80. The number of fused-ring (bicyclic) bond motifs is 1. The van der Waals surface area contributed by atoms with Crippen molar-refractivity contribution in [1.82, 2.24) is 30.2 Å². The van der Waals surface area contributed by atoms with Crippen molar-refractivity contribution in [2.45, 2.75) is 48.3 Å². The number of benzene rings is 5. The number of aromatic nitrogens is 4. The van der Waals surface area contributed by atoms with E-state index >= 15 is 9.59 Å². The highest BCUT2D eigenvalue weighted by Crippen LogP contribution is 2.53. The SMILES string of the molecule is Cn1ncc(C2=C(C(=O)OC(c3ccccc3)c3ccccc3)N3C(=O)[C@](NC(=O)C(=NOC(c4ccccc4)(c4ccccc4)c4ccccc4)c4csc(NC(=O)OC(C)(C)C)n4)(SC=S)[C@@H]3SC2)n1. The van der Waals surface area contributed by atoms with Crippen molar-refractivity contribution in [3.8, 4) is 0 Å². The number of thiazole rings is 1. The number of nitrogens with one attached hydrogen (secondary N) is 2. The van der Waals surface area contributed by atoms with Crippen molar-refractivity contribution < 1.29 is 33.5 Å². The molecule has 2 atom stereocenters. The Labute approximate surface area is 433 Å². The number of hydrogen-bond acceptors (Lipinski definition) is 15. The maximum Gasteiger partial charge on any atom is 0.413 e. The van der Waals surface area contributed by atoms with Gasteiger partial charge in [-0.15, -0.1) is 23.1 Å². The molecular weight excluding hydrogens is 989 g/mol. The molecule has 72 heavy (non-hydrogen) atoms. The predicted molar refractivity (Wildman–Crippen MR) is 283 cm³/mol. The molecule has 3 amide bonds. The van der Waals surface area contributed by atoms with Gasteiger partial charge in [-0.05, 0) is 31.9 Å². The number of carbonyl (C=O) groups excluding carboxylic acids is 4. The molecule has 4 heterocycles. The number of nitrogens with zero attached hydrogens (tertiary/aromatic N) is 6. The third-order valence-corrected chi connectivity index (χ3v) is 15.0. The maximum absolute atomic E-state index is 15.3. The Morgan fingerprint density at radius 2 is 1.39 bits per heavy atom. The van der Waals surface area contributed by atoms with Gasteiger partial charge < -0.3 is 19.6 Å². The Kier molecular flexibility index (Phi) is 14.5. The Bertz CT molecular complexity index is 3030. The number of aryl methyl sites for hydroxylation is 1. The van der Waals surface area contributed by atoms with Crippen LogP contribution in [0, 0.1) is 0 Å². The first kappa shape index (κ1) is 49.5. The van der Waals surface area contributed by atoms with Crippen molar-refractivity contribution >= 4 is 92.1 Å². The molecule has 2 N–H and O–H groups in total. The van der Waals surface area contributed by atoms with Crippen LogP contribution in [0.4, 0.5) is 9.93 Å². The number of amides is 3. The Morgan fingerprint density at radius 3 is 1.89 bits per heavy atom. The van der Waals surface area contributed by atoms with Gasteiger partial charge in [0.25, 0.3) is 11.8 Å². The van der Waals surface area contributed by atoms with Crippen molar-refractivity contribution in [2.75, 3.05) is 11.1 Å². The summed E-state index contributed by atoms with van der Waals surface area (Å²) >= 11 is 8.65. The Morgan fingerprint density at radius 1 is 0.847 bits per heavy atom. The maximum atomic E-state index is 15.3. The van der Waals surface area contributed by atoms with Crippen LogP contribution in [-0.4, -0.2) is 80.8 Å². The zero-order chi connectivity index (χ0) is 50.5. The van der Waals surface area contributed by atoms with E-state index in [1.807, 2.05) is 152 Å². The number of β-lactam (4-membered cyclic amide) rings is 1. The second kappa shape index (κ2) is 21.1. The fourth-order valence-corrected chi connectivity index (χ4v) is 11.9. The molecule has 0 radical (unpaired) electrons. The lowest BCUT2D eigenvalue weighted by Crippen LogP contribution is -2.78. The fraction of sp³-hybridized carbons (Fsp3) is 0.189. The van der Waals surface area contributed by atoms with E-state index in [4.69, 9.17) is 31.7 Å². The van der Waals surface area contributed by atoms with Crippen LogP contribution in [0.3, 0.4) is 0 Å². The summed E-state index contributed by atoms with van der Waals surface area (Å²) in [7, 11) is 1.65. The van der Waals surface area contributed by atoms with E-state index in [2.05, 4.69) is 25.8 Å². The molecule has 15 nitrogen and oxygen atoms in total. The van der Waals surface area contributed by atoms with Gasteiger partial charge >= 0.3 is 12.1 Å². The molecule has 0 bridgehead atoms. The van der Waals surface area contributed by atoms with Crippen molar-refractivity contribution in [3.05, 3.63) is 208 Å². The molecule has 0 saturated carbocycles. The smallest absolute Gasteiger partial charge is 0.413 e. The summed E-state index contributed by atoms with van der Waals surface area (Å²) in [6.45, 7) is 5.20. The summed E-state index contributed by atoms with van der Waals surface area (Å²) in [6.07, 6.45) is -0.0867. The summed E-state index contributed by atoms with van der Waals surface area (Å²) < 4.78 is 13.2. The average Bonchev–Trinajstić information content (AvgIpc) is 4.05. The number of carbonyl (C=O) groups is 4. The van der Waals surface area contributed by atoms with Crippen LogP contribution in [0.2, 0.25) is 0 Å². The normalized spacial score (nSPS) is 16.8. The highest BCUT2D eigenvalue weighted by Gasteiger charge is 2.66. The number of anilines is 1. The molecule has 7 aromatic rings. The standard InChI is InChI=1S/C53H46N8O7S4/c1-51(2,3)67-50(65)56-49-55-41(32-71-49)42(59-68-52(36-24-14-7-15-25-36,37-26-16-8-17-27-37)38-28-18-9-19-29-38)45(62)57-53(72-33-69)47(64)61-43(39(31-70-48(53)61)40-30-54-60(4)58-40)46(63)66-44(34-20-10-5-11-21-34)35-22-12-6-13-23-35/h5-30,32-33,44,48H,31H2,1-4H3,(H,57,62)(H,55,56,65)/t48-,53-/m0/s1. The van der Waals surface area contributed by atoms with Gasteiger partial charge in [0, 0.05) is 45.1 Å². The second-order valence-corrected chi connectivity index (χ2v) is 20.9. The highest BCUT2D eigenvalue weighted by atomic mass is 32.2. The second-order valence-electron chi connectivity index (χ2n) is 17.4. The number of hydrogen-bond donors (Lipinski definition) is 2. The van der Waals surface area contributed by atoms with Gasteiger partial charge in [0.1, 0.15) is 28.1 Å². The first-order chi connectivity index (χ1) is 34.8. The molecule has 1 saturated heterocycles. The van der Waals surface area contributed by atoms with Crippen LogP contribution >= 0.6 is 47.1 Å². The molecule has 9 rings (SSSR count). The zero-order valence-corrected chi connectivity index (χ0v) is 42.5. The largest absolute Gasteiger partial charge is 0.448 e. The number of oxime groups is 1.